The Balaban J connectivity index is 1.68. The molecule has 6 nitrogen and oxygen atoms in total. The lowest BCUT2D eigenvalue weighted by molar-refractivity contribution is 0.102. The maximum Gasteiger partial charge on any atom is 0.276 e. The van der Waals surface area contributed by atoms with Crippen molar-refractivity contribution in [3.63, 3.8) is 0 Å². The smallest absolute Gasteiger partial charge is 0.276 e. The lowest BCUT2D eigenvalue weighted by atomic mass is 10.2. The number of rotatable bonds is 4. The summed E-state index contributed by atoms with van der Waals surface area (Å²) in [6.07, 6.45) is 0. The number of nitrogens with one attached hydrogen (secondary N) is 2. The van der Waals surface area contributed by atoms with Gasteiger partial charge in [-0.3, -0.25) is 4.79 Å². The summed E-state index contributed by atoms with van der Waals surface area (Å²) in [6.45, 7) is 0. The second-order valence-corrected chi connectivity index (χ2v) is 5.08. The van der Waals surface area contributed by atoms with Crippen LogP contribution in [0.3, 0.4) is 0 Å². The number of anilines is 3. The van der Waals surface area contributed by atoms with Crippen molar-refractivity contribution in [1.29, 1.82) is 5.26 Å². The number of benzene rings is 2. The van der Waals surface area contributed by atoms with E-state index in [1.54, 1.807) is 42.5 Å². The van der Waals surface area contributed by atoms with Crippen LogP contribution in [0, 0.1) is 17.1 Å². The van der Waals surface area contributed by atoms with Gasteiger partial charge in [0.25, 0.3) is 5.91 Å². The Morgan fingerprint density at radius 3 is 2.48 bits per heavy atom. The molecule has 3 rings (SSSR count). The van der Waals surface area contributed by atoms with E-state index in [2.05, 4.69) is 20.8 Å². The molecule has 0 bridgehead atoms. The van der Waals surface area contributed by atoms with E-state index >= 15 is 0 Å². The number of amides is 1. The molecular weight excluding hydrogens is 321 g/mol. The van der Waals surface area contributed by atoms with E-state index in [0.29, 0.717) is 22.8 Å². The van der Waals surface area contributed by atoms with Gasteiger partial charge < -0.3 is 10.6 Å². The molecule has 2 N–H and O–H groups in total. The van der Waals surface area contributed by atoms with E-state index in [1.807, 2.05) is 6.07 Å². The summed E-state index contributed by atoms with van der Waals surface area (Å²) in [6, 6.07) is 17.5. The summed E-state index contributed by atoms with van der Waals surface area (Å²) in [5.41, 5.74) is 1.73. The van der Waals surface area contributed by atoms with Gasteiger partial charge in [-0.25, -0.2) is 4.39 Å². The monoisotopic (exact) mass is 333 g/mol. The van der Waals surface area contributed by atoms with E-state index in [-0.39, 0.29) is 11.5 Å². The molecule has 0 atom stereocenters. The Labute approximate surface area is 143 Å². The molecule has 0 fully saturated rings. The molecule has 0 aliphatic rings. The largest absolute Gasteiger partial charge is 0.339 e. The number of halogens is 1. The first kappa shape index (κ1) is 16.1. The van der Waals surface area contributed by atoms with Crippen LogP contribution in [0.1, 0.15) is 16.1 Å². The van der Waals surface area contributed by atoms with Gasteiger partial charge in [-0.05, 0) is 54.6 Å². The van der Waals surface area contributed by atoms with Crippen molar-refractivity contribution >= 4 is 23.1 Å². The van der Waals surface area contributed by atoms with E-state index in [0.717, 1.165) is 0 Å². The van der Waals surface area contributed by atoms with Crippen molar-refractivity contribution in [3.8, 4) is 6.07 Å². The van der Waals surface area contributed by atoms with Crippen molar-refractivity contribution in [3.05, 3.63) is 77.7 Å². The third-order valence-electron chi connectivity index (χ3n) is 3.26. The SMILES string of the molecule is N#Cc1cccc(NC(=O)c2ccc(Nc3ccc(F)cc3)nn2)c1. The number of aromatic nitrogens is 2. The van der Waals surface area contributed by atoms with Crippen LogP contribution in [-0.2, 0) is 0 Å². The molecule has 1 heterocycles. The van der Waals surface area contributed by atoms with Gasteiger partial charge in [-0.2, -0.15) is 5.26 Å². The van der Waals surface area contributed by atoms with Gasteiger partial charge in [-0.1, -0.05) is 6.07 Å². The molecule has 3 aromatic rings. The van der Waals surface area contributed by atoms with Crippen molar-refractivity contribution in [2.45, 2.75) is 0 Å². The Hall–Kier alpha value is -3.79. The van der Waals surface area contributed by atoms with Gasteiger partial charge >= 0.3 is 0 Å². The van der Waals surface area contributed by atoms with E-state index < -0.39 is 5.91 Å². The van der Waals surface area contributed by atoms with Crippen molar-refractivity contribution < 1.29 is 9.18 Å². The zero-order valence-corrected chi connectivity index (χ0v) is 12.9. The first-order valence-electron chi connectivity index (χ1n) is 7.32. The fourth-order valence-electron chi connectivity index (χ4n) is 2.06. The highest BCUT2D eigenvalue weighted by Crippen LogP contribution is 2.15. The molecule has 25 heavy (non-hydrogen) atoms. The molecule has 1 amide bonds. The minimum atomic E-state index is -0.434. The second-order valence-electron chi connectivity index (χ2n) is 5.08. The maximum absolute atomic E-state index is 12.9. The Morgan fingerprint density at radius 2 is 1.80 bits per heavy atom. The average Bonchev–Trinajstić information content (AvgIpc) is 2.64. The highest BCUT2D eigenvalue weighted by molar-refractivity contribution is 6.02. The van der Waals surface area contributed by atoms with Crippen molar-refractivity contribution in [2.24, 2.45) is 0 Å². The number of carbonyl (C=O) groups is 1. The Morgan fingerprint density at radius 1 is 1.00 bits per heavy atom. The van der Waals surface area contributed by atoms with Crippen LogP contribution in [-0.4, -0.2) is 16.1 Å². The molecule has 0 aliphatic heterocycles. The van der Waals surface area contributed by atoms with Crippen LogP contribution in [0.4, 0.5) is 21.6 Å². The van der Waals surface area contributed by atoms with Crippen molar-refractivity contribution in [2.75, 3.05) is 10.6 Å². The normalized spacial score (nSPS) is 9.92. The fraction of sp³-hybridized carbons (Fsp3) is 0. The Kier molecular flexibility index (Phi) is 4.62. The number of hydrogen-bond acceptors (Lipinski definition) is 5. The standard InChI is InChI=1S/C18H12FN5O/c19-13-4-6-14(7-5-13)21-17-9-8-16(23-24-17)18(25)22-15-3-1-2-12(10-15)11-20/h1-10H,(H,21,24)(H,22,25). The molecular formula is C18H12FN5O. The first-order chi connectivity index (χ1) is 12.1. The number of hydrogen-bond donors (Lipinski definition) is 2. The van der Waals surface area contributed by atoms with Gasteiger partial charge in [0.2, 0.25) is 0 Å². The van der Waals surface area contributed by atoms with Crippen LogP contribution in [0.15, 0.2) is 60.7 Å². The molecule has 0 spiro atoms. The summed E-state index contributed by atoms with van der Waals surface area (Å²) in [4.78, 5) is 12.2. The molecule has 0 unspecified atom stereocenters. The quantitative estimate of drug-likeness (QED) is 0.763. The molecule has 122 valence electrons. The molecule has 7 heteroatoms. The first-order valence-corrected chi connectivity index (χ1v) is 7.32. The molecule has 0 radical (unpaired) electrons. The molecule has 0 saturated heterocycles. The number of nitriles is 1. The second kappa shape index (κ2) is 7.19. The summed E-state index contributed by atoms with van der Waals surface area (Å²) in [5.74, 6) is -0.338. The van der Waals surface area contributed by atoms with Crippen LogP contribution >= 0.6 is 0 Å². The summed E-state index contributed by atoms with van der Waals surface area (Å²) >= 11 is 0. The predicted molar refractivity (Wildman–Crippen MR) is 90.8 cm³/mol. The minimum Gasteiger partial charge on any atom is -0.339 e. The molecule has 0 aliphatic carbocycles. The fourth-order valence-corrected chi connectivity index (χ4v) is 2.06. The molecule has 1 aromatic heterocycles. The predicted octanol–water partition coefficient (Wildman–Crippen LogP) is 3.48. The van der Waals surface area contributed by atoms with E-state index in [1.165, 1.54) is 18.2 Å². The number of nitrogens with zero attached hydrogens (tertiary/aromatic N) is 3. The lowest BCUT2D eigenvalue weighted by Crippen LogP contribution is -2.14. The van der Waals surface area contributed by atoms with Gasteiger partial charge in [0.05, 0.1) is 11.6 Å². The van der Waals surface area contributed by atoms with Gasteiger partial charge in [0.15, 0.2) is 11.5 Å². The van der Waals surface area contributed by atoms with Crippen LogP contribution < -0.4 is 10.6 Å². The third kappa shape index (κ3) is 4.14. The minimum absolute atomic E-state index is 0.131. The summed E-state index contributed by atoms with van der Waals surface area (Å²) in [5, 5.41) is 22.3. The van der Waals surface area contributed by atoms with E-state index in [9.17, 15) is 9.18 Å². The zero-order valence-electron chi connectivity index (χ0n) is 12.9. The van der Waals surface area contributed by atoms with Gasteiger partial charge in [-0.15, -0.1) is 10.2 Å². The van der Waals surface area contributed by atoms with E-state index in [4.69, 9.17) is 5.26 Å². The third-order valence-corrected chi connectivity index (χ3v) is 3.26. The molecule has 0 saturated carbocycles. The highest BCUT2D eigenvalue weighted by Gasteiger charge is 2.09. The van der Waals surface area contributed by atoms with Crippen LogP contribution in [0.2, 0.25) is 0 Å². The topological polar surface area (TPSA) is 90.7 Å². The highest BCUT2D eigenvalue weighted by atomic mass is 19.1. The number of carbonyl (C=O) groups excluding carboxylic acids is 1. The van der Waals surface area contributed by atoms with Gasteiger partial charge in [0, 0.05) is 11.4 Å². The molecule has 2 aromatic carbocycles. The zero-order chi connectivity index (χ0) is 17.6. The van der Waals surface area contributed by atoms with Crippen molar-refractivity contribution in [1.82, 2.24) is 10.2 Å². The Bertz CT molecular complexity index is 933. The van der Waals surface area contributed by atoms with Crippen LogP contribution in [0.25, 0.3) is 0 Å². The lowest BCUT2D eigenvalue weighted by Gasteiger charge is -2.07. The maximum atomic E-state index is 12.9. The average molecular weight is 333 g/mol. The van der Waals surface area contributed by atoms with Crippen LogP contribution in [0.5, 0.6) is 0 Å². The summed E-state index contributed by atoms with van der Waals surface area (Å²) in [7, 11) is 0. The summed E-state index contributed by atoms with van der Waals surface area (Å²) < 4.78 is 12.9. The van der Waals surface area contributed by atoms with Gasteiger partial charge in [0.1, 0.15) is 5.82 Å².